The quantitative estimate of drug-likeness (QED) is 0.248. The summed E-state index contributed by atoms with van der Waals surface area (Å²) in [4.78, 5) is 0. The van der Waals surface area contributed by atoms with Gasteiger partial charge >= 0.3 is 18.9 Å². The zero-order chi connectivity index (χ0) is 3.54. The Labute approximate surface area is 53.9 Å². The Morgan fingerprint density at radius 3 is 1.67 bits per heavy atom. The van der Waals surface area contributed by atoms with Crippen LogP contribution in [0, 0.1) is 0 Å². The van der Waals surface area contributed by atoms with Crippen LogP contribution in [0.1, 0.15) is 0 Å². The molecule has 0 aromatic rings. The van der Waals surface area contributed by atoms with Crippen molar-refractivity contribution >= 4 is 11.8 Å². The zero-order valence-corrected chi connectivity index (χ0v) is 4.53. The summed E-state index contributed by atoms with van der Waals surface area (Å²) >= 11 is 1.71. The van der Waals surface area contributed by atoms with Crippen LogP contribution < -0.4 is 18.9 Å². The molecule has 2 heteroatoms. The van der Waals surface area contributed by atoms with Crippen molar-refractivity contribution < 1.29 is 18.9 Å². The van der Waals surface area contributed by atoms with E-state index in [-0.39, 0.29) is 18.9 Å². The van der Waals surface area contributed by atoms with Crippen molar-refractivity contribution in [3.05, 3.63) is 23.0 Å². The van der Waals surface area contributed by atoms with Crippen molar-refractivity contribution in [3.63, 3.8) is 0 Å². The molecule has 0 N–H and O–H groups in total. The van der Waals surface area contributed by atoms with Crippen LogP contribution in [0.3, 0.4) is 0 Å². The standard InChI is InChI=1S/C4H4S.Li/c1-2-4-5-3-1;/h1-4H;/q-1;+1. The van der Waals surface area contributed by atoms with E-state index in [4.69, 9.17) is 0 Å². The fourth-order valence-electron chi connectivity index (χ4n) is 0.227. The Bertz CT molecular complexity index is 65.6. The molecule has 1 heterocycles. The SMILES string of the molecule is C1=C[S-]C=C1.[Li+]. The van der Waals surface area contributed by atoms with Crippen molar-refractivity contribution in [1.82, 2.24) is 0 Å². The van der Waals surface area contributed by atoms with Crippen molar-refractivity contribution in [1.29, 1.82) is 0 Å². The minimum Gasteiger partial charge on any atom is -0.583 e. The summed E-state index contributed by atoms with van der Waals surface area (Å²) in [6.07, 6.45) is 4.04. The molecule has 0 spiro atoms. The first-order valence-electron chi connectivity index (χ1n) is 1.47. The van der Waals surface area contributed by atoms with Gasteiger partial charge in [-0.2, -0.15) is 0 Å². The second-order valence-corrected chi connectivity index (χ2v) is 1.61. The van der Waals surface area contributed by atoms with E-state index in [0.717, 1.165) is 0 Å². The Morgan fingerprint density at radius 2 is 1.50 bits per heavy atom. The Balaban J connectivity index is 0.000000250. The predicted molar refractivity (Wildman–Crippen MR) is 25.6 cm³/mol. The molecule has 0 nitrogen and oxygen atoms in total. The van der Waals surface area contributed by atoms with Crippen molar-refractivity contribution in [2.45, 2.75) is 0 Å². The van der Waals surface area contributed by atoms with Crippen LogP contribution >= 0.6 is 0 Å². The summed E-state index contributed by atoms with van der Waals surface area (Å²) < 4.78 is 0. The summed E-state index contributed by atoms with van der Waals surface area (Å²) in [7, 11) is 0. The molecule has 0 saturated heterocycles. The first kappa shape index (κ1) is 6.43. The molecule has 0 saturated carbocycles. The molecular weight excluding hydrogens is 87.1 g/mol. The van der Waals surface area contributed by atoms with E-state index in [9.17, 15) is 0 Å². The number of hydrogen-bond acceptors (Lipinski definition) is 1. The Kier molecular flexibility index (Phi) is 3.87. The van der Waals surface area contributed by atoms with E-state index in [1.165, 1.54) is 0 Å². The van der Waals surface area contributed by atoms with E-state index in [0.29, 0.717) is 0 Å². The normalized spacial score (nSPS) is 14.7. The van der Waals surface area contributed by atoms with Crippen molar-refractivity contribution in [2.75, 3.05) is 0 Å². The minimum atomic E-state index is 0. The number of rotatable bonds is 0. The second kappa shape index (κ2) is 3.61. The summed E-state index contributed by atoms with van der Waals surface area (Å²) in [6.45, 7) is 0. The maximum absolute atomic E-state index is 2.04. The summed E-state index contributed by atoms with van der Waals surface area (Å²) in [5.41, 5.74) is 0. The largest absolute Gasteiger partial charge is 1.00 e. The number of thioether (sulfide) groups is 1. The predicted octanol–water partition coefficient (Wildman–Crippen LogP) is -1.89. The molecule has 1 aliphatic rings. The monoisotopic (exact) mass is 91.0 g/mol. The molecule has 27 valence electrons. The van der Waals surface area contributed by atoms with Crippen LogP contribution in [0.5, 0.6) is 0 Å². The first-order chi connectivity index (χ1) is 2.50. The minimum absolute atomic E-state index is 0. The molecule has 0 unspecified atom stereocenters. The van der Waals surface area contributed by atoms with E-state index in [1.54, 1.807) is 11.8 Å². The maximum atomic E-state index is 2.04. The van der Waals surface area contributed by atoms with Crippen molar-refractivity contribution in [3.8, 4) is 0 Å². The van der Waals surface area contributed by atoms with Gasteiger partial charge in [-0.3, -0.25) is 0 Å². The van der Waals surface area contributed by atoms with Crippen LogP contribution in [-0.2, 0) is 11.8 Å². The third kappa shape index (κ3) is 1.77. The van der Waals surface area contributed by atoms with Crippen LogP contribution in [-0.4, -0.2) is 0 Å². The topological polar surface area (TPSA) is 0 Å². The molecule has 0 aromatic heterocycles. The van der Waals surface area contributed by atoms with Gasteiger partial charge in [0, 0.05) is 0 Å². The van der Waals surface area contributed by atoms with E-state index < -0.39 is 0 Å². The van der Waals surface area contributed by atoms with Gasteiger partial charge in [0.15, 0.2) is 0 Å². The van der Waals surface area contributed by atoms with Gasteiger partial charge in [0.2, 0.25) is 0 Å². The van der Waals surface area contributed by atoms with E-state index >= 15 is 0 Å². The van der Waals surface area contributed by atoms with Crippen LogP contribution in [0.15, 0.2) is 23.0 Å². The number of hydrogen-bond donors (Lipinski definition) is 0. The zero-order valence-electron chi connectivity index (χ0n) is 3.72. The van der Waals surface area contributed by atoms with Gasteiger partial charge in [0.05, 0.1) is 0 Å². The van der Waals surface area contributed by atoms with Gasteiger partial charge in [-0.25, -0.2) is 10.8 Å². The van der Waals surface area contributed by atoms with E-state index in [1.807, 2.05) is 23.0 Å². The molecule has 0 aliphatic carbocycles. The van der Waals surface area contributed by atoms with Crippen LogP contribution in [0.25, 0.3) is 0 Å². The molecular formula is C4H4LiS. The number of allylic oxidation sites excluding steroid dienone is 2. The van der Waals surface area contributed by atoms with Gasteiger partial charge in [0.1, 0.15) is 0 Å². The average molecular weight is 91.1 g/mol. The Morgan fingerprint density at radius 1 is 1.00 bits per heavy atom. The van der Waals surface area contributed by atoms with Crippen LogP contribution in [0.4, 0.5) is 0 Å². The summed E-state index contributed by atoms with van der Waals surface area (Å²) in [5.74, 6) is 0. The molecule has 1 rings (SSSR count). The third-order valence-electron chi connectivity index (χ3n) is 0.425. The average Bonchev–Trinajstić information content (AvgIpc) is 1.76. The molecule has 6 heavy (non-hydrogen) atoms. The third-order valence-corrected chi connectivity index (χ3v) is 1.05. The first-order valence-corrected chi connectivity index (χ1v) is 2.41. The molecule has 0 aromatic carbocycles. The summed E-state index contributed by atoms with van der Waals surface area (Å²) in [5, 5.41) is 4.08. The van der Waals surface area contributed by atoms with Gasteiger partial charge < -0.3 is 11.8 Å². The molecule has 0 atom stereocenters. The maximum Gasteiger partial charge on any atom is 1.00 e. The molecule has 0 amide bonds. The fraction of sp³-hybridized carbons (Fsp3) is 0. The fourth-order valence-corrected chi connectivity index (χ4v) is 0.680. The van der Waals surface area contributed by atoms with Crippen LogP contribution in [0.2, 0.25) is 0 Å². The van der Waals surface area contributed by atoms with Gasteiger partial charge in [0.25, 0.3) is 0 Å². The van der Waals surface area contributed by atoms with Gasteiger partial charge in [-0.05, 0) is 0 Å². The van der Waals surface area contributed by atoms with Gasteiger partial charge in [-0.1, -0.05) is 12.2 Å². The summed E-state index contributed by atoms with van der Waals surface area (Å²) in [6, 6.07) is 0. The Hall–Kier alpha value is 0.427. The van der Waals surface area contributed by atoms with Gasteiger partial charge in [-0.15, -0.1) is 0 Å². The molecule has 1 radical (unpaired) electrons. The molecule has 1 aliphatic heterocycles. The molecule has 0 fully saturated rings. The smallest absolute Gasteiger partial charge is 0.583 e. The van der Waals surface area contributed by atoms with Crippen molar-refractivity contribution in [2.24, 2.45) is 0 Å². The second-order valence-electron chi connectivity index (χ2n) is 0.793. The van der Waals surface area contributed by atoms with E-state index in [2.05, 4.69) is 0 Å². The molecule has 0 bridgehead atoms.